The maximum atomic E-state index is 7.07. The van der Waals surface area contributed by atoms with Gasteiger partial charge in [0.15, 0.2) is 0 Å². The summed E-state index contributed by atoms with van der Waals surface area (Å²) in [4.78, 5) is 4.52. The lowest BCUT2D eigenvalue weighted by molar-refractivity contribution is 0.578. The molecule has 0 aliphatic heterocycles. The van der Waals surface area contributed by atoms with Crippen molar-refractivity contribution in [2.75, 3.05) is 9.80 Å². The molecule has 2 aliphatic carbocycles. The number of fused-ring (bicyclic) bond motifs is 6. The second-order valence-corrected chi connectivity index (χ2v) is 14.7. The summed E-state index contributed by atoms with van der Waals surface area (Å²) in [6.07, 6.45) is 0. The van der Waals surface area contributed by atoms with Gasteiger partial charge in [-0.2, -0.15) is 0 Å². The predicted octanol–water partition coefficient (Wildman–Crippen LogP) is 13.1. The predicted molar refractivity (Wildman–Crippen MR) is 208 cm³/mol. The van der Waals surface area contributed by atoms with E-state index in [1.807, 2.05) is 0 Å². The van der Waals surface area contributed by atoms with E-state index in [0.717, 1.165) is 40.1 Å². The van der Waals surface area contributed by atoms with E-state index in [4.69, 9.17) is 4.42 Å². The smallest absolute Gasteiger partial charge is 0.210 e. The van der Waals surface area contributed by atoms with Crippen LogP contribution in [-0.4, -0.2) is 0 Å². The first-order valence-corrected chi connectivity index (χ1v) is 17.5. The number of hydrogen-bond donors (Lipinski definition) is 0. The number of aryl methyl sites for hydroxylation is 1. The van der Waals surface area contributed by atoms with Crippen LogP contribution in [0.5, 0.6) is 0 Å². The van der Waals surface area contributed by atoms with Crippen LogP contribution in [0.4, 0.5) is 34.5 Å². The first-order valence-electron chi connectivity index (χ1n) is 17.5. The summed E-state index contributed by atoms with van der Waals surface area (Å²) in [6, 6.07) is 54.7. The van der Waals surface area contributed by atoms with Gasteiger partial charge >= 0.3 is 0 Å². The molecule has 50 heavy (non-hydrogen) atoms. The highest BCUT2D eigenvalue weighted by Crippen LogP contribution is 2.53. The highest BCUT2D eigenvalue weighted by Gasteiger charge is 2.37. The molecule has 0 saturated heterocycles. The van der Waals surface area contributed by atoms with Gasteiger partial charge in [0, 0.05) is 45.2 Å². The zero-order valence-corrected chi connectivity index (χ0v) is 29.2. The van der Waals surface area contributed by atoms with Crippen molar-refractivity contribution in [3.8, 4) is 22.3 Å². The molecule has 6 aromatic carbocycles. The molecule has 3 heteroatoms. The Morgan fingerprint density at radius 2 is 0.820 bits per heavy atom. The van der Waals surface area contributed by atoms with Crippen LogP contribution in [0.3, 0.4) is 0 Å². The summed E-state index contributed by atoms with van der Waals surface area (Å²) < 4.78 is 7.07. The summed E-state index contributed by atoms with van der Waals surface area (Å²) in [6.45, 7) is 11.5. The Morgan fingerprint density at radius 3 is 1.34 bits per heavy atom. The Balaban J connectivity index is 1.19. The molecule has 7 aromatic rings. The Hall–Kier alpha value is -5.80. The molecule has 2 aliphatic rings. The monoisotopic (exact) mass is 648 g/mol. The summed E-state index contributed by atoms with van der Waals surface area (Å²) in [5.74, 6) is 1.57. The van der Waals surface area contributed by atoms with Gasteiger partial charge in [0.05, 0.1) is 0 Å². The minimum absolute atomic E-state index is 0.111. The number of para-hydroxylation sites is 2. The van der Waals surface area contributed by atoms with Crippen molar-refractivity contribution in [1.29, 1.82) is 0 Å². The summed E-state index contributed by atoms with van der Waals surface area (Å²) in [5, 5.41) is 0. The second-order valence-electron chi connectivity index (χ2n) is 14.7. The normalized spacial score (nSPS) is 14.4. The van der Waals surface area contributed by atoms with Crippen LogP contribution in [-0.2, 0) is 10.8 Å². The lowest BCUT2D eigenvalue weighted by Crippen LogP contribution is -2.17. The number of rotatable bonds is 6. The molecule has 0 amide bonds. The van der Waals surface area contributed by atoms with Crippen LogP contribution in [0.2, 0.25) is 0 Å². The van der Waals surface area contributed by atoms with E-state index >= 15 is 0 Å². The minimum Gasteiger partial charge on any atom is -0.423 e. The second kappa shape index (κ2) is 11.1. The van der Waals surface area contributed by atoms with Gasteiger partial charge in [-0.25, -0.2) is 0 Å². The standard InChI is InChI=1S/C47H40N2O/c1-31-28-44(48(32-16-8-6-9-17-32)34-24-26-38-36-20-12-14-22-40(36)46(2,3)42(38)29-34)50-45(31)49(33-18-10-7-11-19-33)35-25-27-39-37-21-13-15-23-41(37)47(4,5)43(39)30-35/h6-30H,1-5H3. The molecule has 1 heterocycles. The number of anilines is 6. The highest BCUT2D eigenvalue weighted by molar-refractivity contribution is 5.87. The molecule has 0 unspecified atom stereocenters. The molecule has 0 fully saturated rings. The first kappa shape index (κ1) is 30.3. The lowest BCUT2D eigenvalue weighted by atomic mass is 9.82. The van der Waals surface area contributed by atoms with Crippen molar-refractivity contribution in [2.24, 2.45) is 0 Å². The van der Waals surface area contributed by atoms with Gasteiger partial charge in [0.1, 0.15) is 0 Å². The van der Waals surface area contributed by atoms with Crippen LogP contribution >= 0.6 is 0 Å². The van der Waals surface area contributed by atoms with Crippen LogP contribution in [0.25, 0.3) is 22.3 Å². The zero-order chi connectivity index (χ0) is 34.2. The maximum absolute atomic E-state index is 7.07. The molecular formula is C47H40N2O. The average Bonchev–Trinajstić information content (AvgIpc) is 3.70. The van der Waals surface area contributed by atoms with Crippen molar-refractivity contribution in [1.82, 2.24) is 0 Å². The third-order valence-electron chi connectivity index (χ3n) is 11.0. The summed E-state index contributed by atoms with van der Waals surface area (Å²) >= 11 is 0. The van der Waals surface area contributed by atoms with E-state index in [1.54, 1.807) is 0 Å². The van der Waals surface area contributed by atoms with Crippen molar-refractivity contribution >= 4 is 34.5 Å². The van der Waals surface area contributed by atoms with E-state index < -0.39 is 0 Å². The lowest BCUT2D eigenvalue weighted by Gasteiger charge is -2.28. The number of nitrogens with zero attached hydrogens (tertiary/aromatic N) is 2. The third-order valence-corrected chi connectivity index (χ3v) is 11.0. The Kier molecular flexibility index (Phi) is 6.73. The van der Waals surface area contributed by atoms with Crippen LogP contribution in [0, 0.1) is 6.92 Å². The van der Waals surface area contributed by atoms with E-state index in [2.05, 4.69) is 196 Å². The van der Waals surface area contributed by atoms with Gasteiger partial charge in [-0.15, -0.1) is 0 Å². The van der Waals surface area contributed by atoms with Crippen molar-refractivity contribution in [3.05, 3.63) is 179 Å². The van der Waals surface area contributed by atoms with E-state index in [9.17, 15) is 0 Å². The molecule has 0 saturated carbocycles. The van der Waals surface area contributed by atoms with E-state index in [1.165, 1.54) is 44.5 Å². The molecule has 3 nitrogen and oxygen atoms in total. The molecule has 0 atom stereocenters. The fourth-order valence-corrected chi connectivity index (χ4v) is 8.39. The van der Waals surface area contributed by atoms with Crippen molar-refractivity contribution in [3.63, 3.8) is 0 Å². The van der Waals surface area contributed by atoms with Gasteiger partial charge in [0.25, 0.3) is 0 Å². The molecule has 9 rings (SSSR count). The Labute approximate surface area is 295 Å². The maximum Gasteiger partial charge on any atom is 0.210 e. The van der Waals surface area contributed by atoms with Crippen molar-refractivity contribution < 1.29 is 4.42 Å². The highest BCUT2D eigenvalue weighted by atomic mass is 16.4. The van der Waals surface area contributed by atoms with E-state index in [0.29, 0.717) is 0 Å². The van der Waals surface area contributed by atoms with Gasteiger partial charge in [-0.1, -0.05) is 125 Å². The molecule has 1 aromatic heterocycles. The van der Waals surface area contributed by atoms with Gasteiger partial charge in [0.2, 0.25) is 11.8 Å². The number of furan rings is 1. The summed E-state index contributed by atoms with van der Waals surface area (Å²) in [5.41, 5.74) is 15.7. The fourth-order valence-electron chi connectivity index (χ4n) is 8.39. The van der Waals surface area contributed by atoms with Crippen molar-refractivity contribution in [2.45, 2.75) is 45.4 Å². The average molecular weight is 649 g/mol. The zero-order valence-electron chi connectivity index (χ0n) is 29.2. The topological polar surface area (TPSA) is 19.6 Å². The van der Waals surface area contributed by atoms with Crippen LogP contribution in [0.1, 0.15) is 55.5 Å². The molecule has 0 spiro atoms. The first-order chi connectivity index (χ1) is 24.2. The number of hydrogen-bond acceptors (Lipinski definition) is 3. The van der Waals surface area contributed by atoms with Crippen LogP contribution < -0.4 is 9.80 Å². The largest absolute Gasteiger partial charge is 0.423 e. The Bertz CT molecular complexity index is 2400. The number of benzene rings is 6. The SMILES string of the molecule is Cc1cc(N(c2ccccc2)c2ccc3c(c2)C(C)(C)c2ccccc2-3)oc1N(c1ccccc1)c1ccc2c(c1)C(C)(C)c1ccccc1-2. The van der Waals surface area contributed by atoms with E-state index in [-0.39, 0.29) is 10.8 Å². The molecular weight excluding hydrogens is 609 g/mol. The molecule has 244 valence electrons. The van der Waals surface area contributed by atoms with Gasteiger partial charge in [-0.3, -0.25) is 9.80 Å². The third kappa shape index (κ3) is 4.50. The molecule has 0 bridgehead atoms. The molecule has 0 N–H and O–H groups in total. The van der Waals surface area contributed by atoms with Gasteiger partial charge < -0.3 is 4.42 Å². The van der Waals surface area contributed by atoms with Crippen LogP contribution in [0.15, 0.2) is 156 Å². The summed E-state index contributed by atoms with van der Waals surface area (Å²) in [7, 11) is 0. The Morgan fingerprint density at radius 1 is 0.400 bits per heavy atom. The fraction of sp³-hybridized carbons (Fsp3) is 0.149. The minimum atomic E-state index is -0.112. The van der Waals surface area contributed by atoms with Gasteiger partial charge in [-0.05, 0) is 100.0 Å². The molecule has 0 radical (unpaired) electrons. The quantitative estimate of drug-likeness (QED) is 0.179.